The van der Waals surface area contributed by atoms with E-state index in [2.05, 4.69) is 12.5 Å². The van der Waals surface area contributed by atoms with Crippen LogP contribution in [-0.2, 0) is 4.74 Å². The van der Waals surface area contributed by atoms with Crippen molar-refractivity contribution < 1.29 is 4.74 Å². The van der Waals surface area contributed by atoms with Crippen LogP contribution >= 0.6 is 0 Å². The molecule has 0 bridgehead atoms. The summed E-state index contributed by atoms with van der Waals surface area (Å²) in [5.74, 6) is 2.42. The third kappa shape index (κ3) is 7.11. The number of hydrogen-bond acceptors (Lipinski definition) is 1. The highest BCUT2D eigenvalue weighted by atomic mass is 16.5. The van der Waals surface area contributed by atoms with Gasteiger partial charge in [0.2, 0.25) is 0 Å². The molecule has 0 aliphatic carbocycles. The molecule has 0 spiro atoms. The molecular weight excluding hydrogens is 148 g/mol. The quantitative estimate of drug-likeness (QED) is 0.333. The molecule has 0 aliphatic heterocycles. The lowest BCUT2D eigenvalue weighted by Gasteiger charge is -2.00. The van der Waals surface area contributed by atoms with Gasteiger partial charge in [0.15, 0.2) is 0 Å². The molecule has 66 valence electrons. The van der Waals surface area contributed by atoms with Gasteiger partial charge >= 0.3 is 0 Å². The fourth-order valence-electron chi connectivity index (χ4n) is 0.851. The fourth-order valence-corrected chi connectivity index (χ4v) is 0.851. The van der Waals surface area contributed by atoms with Crippen molar-refractivity contribution in [3.63, 3.8) is 0 Å². The SMILES string of the molecule is C#CCOCCCC(=C)/C=C/C. The zero-order valence-corrected chi connectivity index (χ0v) is 7.68. The Morgan fingerprint density at radius 3 is 3.00 bits per heavy atom. The summed E-state index contributed by atoms with van der Waals surface area (Å²) in [6.07, 6.45) is 11.0. The molecule has 0 amide bonds. The van der Waals surface area contributed by atoms with Crippen LogP contribution in [0.15, 0.2) is 24.3 Å². The molecule has 0 saturated carbocycles. The minimum Gasteiger partial charge on any atom is -0.369 e. The van der Waals surface area contributed by atoms with Crippen LogP contribution in [0.3, 0.4) is 0 Å². The van der Waals surface area contributed by atoms with Crippen LogP contribution in [0, 0.1) is 12.3 Å². The fraction of sp³-hybridized carbons (Fsp3) is 0.455. The molecule has 1 heteroatoms. The monoisotopic (exact) mass is 164 g/mol. The van der Waals surface area contributed by atoms with Crippen molar-refractivity contribution in [2.24, 2.45) is 0 Å². The third-order valence-electron chi connectivity index (χ3n) is 1.37. The van der Waals surface area contributed by atoms with E-state index >= 15 is 0 Å². The van der Waals surface area contributed by atoms with E-state index in [1.165, 1.54) is 0 Å². The van der Waals surface area contributed by atoms with Gasteiger partial charge in [-0.1, -0.05) is 30.2 Å². The first-order chi connectivity index (χ1) is 5.81. The smallest absolute Gasteiger partial charge is 0.107 e. The van der Waals surface area contributed by atoms with Crippen LogP contribution in [0.5, 0.6) is 0 Å². The number of terminal acetylenes is 1. The number of allylic oxidation sites excluding steroid dienone is 3. The molecule has 0 N–H and O–H groups in total. The van der Waals surface area contributed by atoms with Crippen LogP contribution in [0.25, 0.3) is 0 Å². The Bertz CT molecular complexity index is 184. The van der Waals surface area contributed by atoms with Crippen LogP contribution in [0.1, 0.15) is 19.8 Å². The molecule has 0 saturated heterocycles. The van der Waals surface area contributed by atoms with E-state index in [9.17, 15) is 0 Å². The second-order valence-corrected chi connectivity index (χ2v) is 2.52. The summed E-state index contributed by atoms with van der Waals surface area (Å²) in [7, 11) is 0. The molecule has 0 aromatic carbocycles. The largest absolute Gasteiger partial charge is 0.369 e. The van der Waals surface area contributed by atoms with E-state index in [1.54, 1.807) is 0 Å². The van der Waals surface area contributed by atoms with Crippen LogP contribution in [-0.4, -0.2) is 13.2 Å². The van der Waals surface area contributed by atoms with E-state index in [0.29, 0.717) is 6.61 Å². The maximum absolute atomic E-state index is 5.11. The lowest BCUT2D eigenvalue weighted by atomic mass is 10.1. The molecule has 1 nitrogen and oxygen atoms in total. The molecule has 0 unspecified atom stereocenters. The third-order valence-corrected chi connectivity index (χ3v) is 1.37. The highest BCUT2D eigenvalue weighted by Gasteiger charge is 1.89. The molecular formula is C11H16O. The highest BCUT2D eigenvalue weighted by molar-refractivity contribution is 5.12. The Hall–Kier alpha value is -1.00. The predicted molar refractivity (Wildman–Crippen MR) is 52.8 cm³/mol. The Balaban J connectivity index is 3.21. The minimum atomic E-state index is 0.413. The van der Waals surface area contributed by atoms with Crippen molar-refractivity contribution >= 4 is 0 Å². The molecule has 12 heavy (non-hydrogen) atoms. The molecule has 0 atom stereocenters. The van der Waals surface area contributed by atoms with Crippen LogP contribution < -0.4 is 0 Å². The van der Waals surface area contributed by atoms with Gasteiger partial charge < -0.3 is 4.74 Å². The summed E-state index contributed by atoms with van der Waals surface area (Å²) < 4.78 is 5.11. The van der Waals surface area contributed by atoms with Gasteiger partial charge in [0.05, 0.1) is 0 Å². The molecule has 0 aliphatic rings. The zero-order chi connectivity index (χ0) is 9.23. The summed E-state index contributed by atoms with van der Waals surface area (Å²) in [5.41, 5.74) is 1.14. The zero-order valence-electron chi connectivity index (χ0n) is 7.68. The maximum atomic E-state index is 5.11. The Morgan fingerprint density at radius 1 is 1.67 bits per heavy atom. The number of ether oxygens (including phenoxy) is 1. The second kappa shape index (κ2) is 8.10. The Morgan fingerprint density at radius 2 is 2.42 bits per heavy atom. The van der Waals surface area contributed by atoms with Crippen LogP contribution in [0.2, 0.25) is 0 Å². The summed E-state index contributed by atoms with van der Waals surface area (Å²) in [6.45, 7) is 7.00. The molecule has 0 fully saturated rings. The number of rotatable bonds is 6. The first kappa shape index (κ1) is 11.0. The lowest BCUT2D eigenvalue weighted by molar-refractivity contribution is 0.164. The predicted octanol–water partition coefficient (Wildman–Crippen LogP) is 2.55. The van der Waals surface area contributed by atoms with Crippen molar-refractivity contribution in [1.29, 1.82) is 0 Å². The molecule has 0 heterocycles. The van der Waals surface area contributed by atoms with E-state index < -0.39 is 0 Å². The number of hydrogen-bond donors (Lipinski definition) is 0. The van der Waals surface area contributed by atoms with Gasteiger partial charge in [-0.05, 0) is 19.8 Å². The maximum Gasteiger partial charge on any atom is 0.107 e. The molecule has 0 radical (unpaired) electrons. The van der Waals surface area contributed by atoms with Gasteiger partial charge in [-0.3, -0.25) is 0 Å². The lowest BCUT2D eigenvalue weighted by Crippen LogP contribution is -1.94. The van der Waals surface area contributed by atoms with Gasteiger partial charge in [0.1, 0.15) is 6.61 Å². The average molecular weight is 164 g/mol. The molecule has 0 aromatic rings. The summed E-state index contributed by atoms with van der Waals surface area (Å²) in [4.78, 5) is 0. The van der Waals surface area contributed by atoms with E-state index in [-0.39, 0.29) is 0 Å². The van der Waals surface area contributed by atoms with Gasteiger partial charge in [0, 0.05) is 6.61 Å². The first-order valence-corrected chi connectivity index (χ1v) is 4.13. The van der Waals surface area contributed by atoms with Crippen LogP contribution in [0.4, 0.5) is 0 Å². The Kier molecular flexibility index (Phi) is 7.42. The van der Waals surface area contributed by atoms with Crippen molar-refractivity contribution in [2.75, 3.05) is 13.2 Å². The highest BCUT2D eigenvalue weighted by Crippen LogP contribution is 2.03. The van der Waals surface area contributed by atoms with Gasteiger partial charge in [-0.2, -0.15) is 0 Å². The van der Waals surface area contributed by atoms with Crippen molar-refractivity contribution in [3.05, 3.63) is 24.3 Å². The summed E-state index contributed by atoms with van der Waals surface area (Å²) >= 11 is 0. The standard InChI is InChI=1S/C11H16O/c1-4-7-11(3)8-6-10-12-9-5-2/h2,4,7H,3,6,8-10H2,1H3/b7-4+. The van der Waals surface area contributed by atoms with Gasteiger partial charge in [-0.25, -0.2) is 0 Å². The summed E-state index contributed by atoms with van der Waals surface area (Å²) in [6, 6.07) is 0. The first-order valence-electron chi connectivity index (χ1n) is 4.13. The van der Waals surface area contributed by atoms with Gasteiger partial charge in [0.25, 0.3) is 0 Å². The Labute approximate surface area is 75.1 Å². The van der Waals surface area contributed by atoms with E-state index in [4.69, 9.17) is 11.2 Å². The molecule has 0 rings (SSSR count). The van der Waals surface area contributed by atoms with Crippen molar-refractivity contribution in [1.82, 2.24) is 0 Å². The minimum absolute atomic E-state index is 0.413. The average Bonchev–Trinajstić information content (AvgIpc) is 2.05. The normalized spacial score (nSPS) is 10.0. The molecule has 0 aromatic heterocycles. The van der Waals surface area contributed by atoms with Gasteiger partial charge in [-0.15, -0.1) is 6.42 Å². The van der Waals surface area contributed by atoms with E-state index in [0.717, 1.165) is 25.0 Å². The van der Waals surface area contributed by atoms with Crippen molar-refractivity contribution in [3.8, 4) is 12.3 Å². The second-order valence-electron chi connectivity index (χ2n) is 2.52. The topological polar surface area (TPSA) is 9.23 Å². The summed E-state index contributed by atoms with van der Waals surface area (Å²) in [5, 5.41) is 0. The van der Waals surface area contributed by atoms with Crippen molar-refractivity contribution in [2.45, 2.75) is 19.8 Å². The van der Waals surface area contributed by atoms with E-state index in [1.807, 2.05) is 19.1 Å².